The molecule has 1 atom stereocenters. The van der Waals surface area contributed by atoms with E-state index in [1.54, 1.807) is 0 Å². The lowest BCUT2D eigenvalue weighted by Gasteiger charge is -2.38. The van der Waals surface area contributed by atoms with Crippen LogP contribution in [0.15, 0.2) is 12.4 Å². The molecule has 0 fully saturated rings. The normalized spacial score (nSPS) is 25.0. The summed E-state index contributed by atoms with van der Waals surface area (Å²) < 4.78 is 0. The Hall–Kier alpha value is -0.660. The van der Waals surface area contributed by atoms with E-state index in [9.17, 15) is 0 Å². The quantitative estimate of drug-likeness (QED) is 0.525. The highest BCUT2D eigenvalue weighted by molar-refractivity contribution is 4.99. The molecule has 0 amide bonds. The summed E-state index contributed by atoms with van der Waals surface area (Å²) in [6, 6.07) is 0. The van der Waals surface area contributed by atoms with Crippen LogP contribution in [0.2, 0.25) is 0 Å². The van der Waals surface area contributed by atoms with Gasteiger partial charge >= 0.3 is 0 Å². The zero-order chi connectivity index (χ0) is 8.65. The van der Waals surface area contributed by atoms with Crippen LogP contribution in [0.25, 0.3) is 0 Å². The molecule has 0 radical (unpaired) electrons. The van der Waals surface area contributed by atoms with Gasteiger partial charge in [-0.05, 0) is 27.7 Å². The first-order chi connectivity index (χ1) is 4.93. The first kappa shape index (κ1) is 8.44. The van der Waals surface area contributed by atoms with Crippen molar-refractivity contribution >= 4 is 0 Å². The Morgan fingerprint density at radius 3 is 1.91 bits per heavy atom. The summed E-state index contributed by atoms with van der Waals surface area (Å²) in [5.41, 5.74) is 0.237. The summed E-state index contributed by atoms with van der Waals surface area (Å²) in [4.78, 5) is 4.57. The lowest BCUT2D eigenvalue weighted by molar-refractivity contribution is 0.104. The molecule has 1 rings (SSSR count). The van der Waals surface area contributed by atoms with Crippen molar-refractivity contribution in [1.29, 1.82) is 0 Å². The third kappa shape index (κ3) is 1.50. The standard InChI is InChI=1S/C9H18N2/c1-8-10(5)6-7-11(8)9(2,3)4/h6-8H,1-5H3/t8-/m0/s1. The highest BCUT2D eigenvalue weighted by Gasteiger charge is 2.27. The van der Waals surface area contributed by atoms with Crippen LogP contribution in [-0.4, -0.2) is 28.6 Å². The average Bonchev–Trinajstić information content (AvgIpc) is 2.11. The van der Waals surface area contributed by atoms with Crippen molar-refractivity contribution in [2.75, 3.05) is 7.05 Å². The second-order valence-electron chi connectivity index (χ2n) is 4.17. The van der Waals surface area contributed by atoms with E-state index >= 15 is 0 Å². The SMILES string of the molecule is C[C@H]1N(C)C=CN1C(C)(C)C. The number of nitrogens with zero attached hydrogens (tertiary/aromatic N) is 2. The van der Waals surface area contributed by atoms with Crippen molar-refractivity contribution in [3.63, 3.8) is 0 Å². The predicted molar refractivity (Wildman–Crippen MR) is 48.0 cm³/mol. The van der Waals surface area contributed by atoms with Crippen molar-refractivity contribution in [1.82, 2.24) is 9.80 Å². The maximum absolute atomic E-state index is 2.35. The highest BCUT2D eigenvalue weighted by atomic mass is 15.4. The average molecular weight is 154 g/mol. The van der Waals surface area contributed by atoms with Crippen LogP contribution in [0.1, 0.15) is 27.7 Å². The molecule has 0 N–H and O–H groups in total. The molecule has 0 unspecified atom stereocenters. The Balaban J connectivity index is 2.70. The fourth-order valence-corrected chi connectivity index (χ4v) is 1.41. The zero-order valence-corrected chi connectivity index (χ0v) is 8.13. The molecule has 2 heteroatoms. The van der Waals surface area contributed by atoms with E-state index in [1.807, 2.05) is 0 Å². The van der Waals surface area contributed by atoms with E-state index in [0.29, 0.717) is 6.17 Å². The molecule has 1 aliphatic heterocycles. The minimum Gasteiger partial charge on any atom is -0.359 e. The van der Waals surface area contributed by atoms with Gasteiger partial charge in [-0.2, -0.15) is 0 Å². The maximum Gasteiger partial charge on any atom is 0.0979 e. The van der Waals surface area contributed by atoms with E-state index in [1.165, 1.54) is 0 Å². The lowest BCUT2D eigenvalue weighted by atomic mass is 10.1. The third-order valence-electron chi connectivity index (χ3n) is 2.23. The van der Waals surface area contributed by atoms with Crippen molar-refractivity contribution in [3.8, 4) is 0 Å². The molecule has 0 aromatic rings. The summed E-state index contributed by atoms with van der Waals surface area (Å²) in [5, 5.41) is 0. The fraction of sp³-hybridized carbons (Fsp3) is 0.778. The topological polar surface area (TPSA) is 6.48 Å². The molecule has 64 valence electrons. The molecule has 0 aromatic heterocycles. The van der Waals surface area contributed by atoms with Crippen LogP contribution in [0.5, 0.6) is 0 Å². The van der Waals surface area contributed by atoms with Crippen LogP contribution < -0.4 is 0 Å². The number of hydrogen-bond donors (Lipinski definition) is 0. The molecule has 1 aliphatic rings. The van der Waals surface area contributed by atoms with Crippen molar-refractivity contribution in [2.24, 2.45) is 0 Å². The zero-order valence-electron chi connectivity index (χ0n) is 8.13. The van der Waals surface area contributed by atoms with Crippen LogP contribution in [0, 0.1) is 0 Å². The maximum atomic E-state index is 2.35. The van der Waals surface area contributed by atoms with Crippen molar-refractivity contribution in [3.05, 3.63) is 12.4 Å². The Morgan fingerprint density at radius 2 is 1.73 bits per heavy atom. The third-order valence-corrected chi connectivity index (χ3v) is 2.23. The highest BCUT2D eigenvalue weighted by Crippen LogP contribution is 2.23. The largest absolute Gasteiger partial charge is 0.359 e. The number of rotatable bonds is 0. The minimum absolute atomic E-state index is 0.237. The molecular weight excluding hydrogens is 136 g/mol. The van der Waals surface area contributed by atoms with Gasteiger partial charge in [-0.3, -0.25) is 0 Å². The van der Waals surface area contributed by atoms with Gasteiger partial charge in [0.1, 0.15) is 0 Å². The van der Waals surface area contributed by atoms with E-state index in [0.717, 1.165) is 0 Å². The van der Waals surface area contributed by atoms with Crippen molar-refractivity contribution in [2.45, 2.75) is 39.4 Å². The van der Waals surface area contributed by atoms with Gasteiger partial charge in [0.15, 0.2) is 0 Å². The van der Waals surface area contributed by atoms with Crippen LogP contribution in [0.4, 0.5) is 0 Å². The molecule has 11 heavy (non-hydrogen) atoms. The molecule has 1 heterocycles. The Kier molecular flexibility index (Phi) is 1.87. The van der Waals surface area contributed by atoms with Gasteiger partial charge in [0.05, 0.1) is 6.17 Å². The molecule has 0 aromatic carbocycles. The van der Waals surface area contributed by atoms with Gasteiger partial charge in [0.25, 0.3) is 0 Å². The van der Waals surface area contributed by atoms with Crippen molar-refractivity contribution < 1.29 is 0 Å². The minimum atomic E-state index is 0.237. The molecule has 0 saturated carbocycles. The molecular formula is C9H18N2. The van der Waals surface area contributed by atoms with Gasteiger partial charge in [-0.15, -0.1) is 0 Å². The lowest BCUT2D eigenvalue weighted by Crippen LogP contribution is -2.44. The first-order valence-corrected chi connectivity index (χ1v) is 4.11. The molecule has 0 saturated heterocycles. The molecule has 0 aliphatic carbocycles. The summed E-state index contributed by atoms with van der Waals surface area (Å²) >= 11 is 0. The van der Waals surface area contributed by atoms with Gasteiger partial charge in [-0.1, -0.05) is 0 Å². The smallest absolute Gasteiger partial charge is 0.0979 e. The second-order valence-corrected chi connectivity index (χ2v) is 4.17. The summed E-state index contributed by atoms with van der Waals surface area (Å²) in [6.07, 6.45) is 4.77. The molecule has 0 bridgehead atoms. The summed E-state index contributed by atoms with van der Waals surface area (Å²) in [7, 11) is 2.10. The van der Waals surface area contributed by atoms with Gasteiger partial charge in [0.2, 0.25) is 0 Å². The molecule has 0 spiro atoms. The van der Waals surface area contributed by atoms with E-state index in [4.69, 9.17) is 0 Å². The van der Waals surface area contributed by atoms with Gasteiger partial charge < -0.3 is 9.80 Å². The van der Waals surface area contributed by atoms with Crippen LogP contribution in [0.3, 0.4) is 0 Å². The fourth-order valence-electron chi connectivity index (χ4n) is 1.41. The van der Waals surface area contributed by atoms with Crippen LogP contribution in [-0.2, 0) is 0 Å². The molecule has 2 nitrogen and oxygen atoms in total. The van der Waals surface area contributed by atoms with Crippen LogP contribution >= 0.6 is 0 Å². The Bertz CT molecular complexity index is 167. The summed E-state index contributed by atoms with van der Waals surface area (Å²) in [6.45, 7) is 8.90. The second kappa shape index (κ2) is 2.43. The van der Waals surface area contributed by atoms with Gasteiger partial charge in [0, 0.05) is 25.0 Å². The number of hydrogen-bond acceptors (Lipinski definition) is 2. The Morgan fingerprint density at radius 1 is 1.18 bits per heavy atom. The predicted octanol–water partition coefficient (Wildman–Crippen LogP) is 1.85. The Labute approximate surface area is 69.5 Å². The first-order valence-electron chi connectivity index (χ1n) is 4.11. The van der Waals surface area contributed by atoms with E-state index in [2.05, 4.69) is 56.9 Å². The monoisotopic (exact) mass is 154 g/mol. The summed E-state index contributed by atoms with van der Waals surface area (Å²) in [5.74, 6) is 0. The van der Waals surface area contributed by atoms with E-state index in [-0.39, 0.29) is 5.54 Å². The van der Waals surface area contributed by atoms with Gasteiger partial charge in [-0.25, -0.2) is 0 Å². The van der Waals surface area contributed by atoms with E-state index < -0.39 is 0 Å².